The standard InChI is InChI=1S/C20H22FNO3/c21-17-9-7-15(8-10-17)12-20(24)22(14-18-5-3-11-25-18)13-16-4-1-2-6-19(16)23/h1-2,4,6-10,18,23H,3,5,11-14H2. The van der Waals surface area contributed by atoms with Crippen molar-refractivity contribution in [2.24, 2.45) is 0 Å². The summed E-state index contributed by atoms with van der Waals surface area (Å²) < 4.78 is 18.7. The molecule has 0 aromatic heterocycles. The van der Waals surface area contributed by atoms with Gasteiger partial charge < -0.3 is 14.7 Å². The van der Waals surface area contributed by atoms with E-state index in [0.29, 0.717) is 18.7 Å². The molecule has 1 atom stereocenters. The number of carbonyl (C=O) groups is 1. The molecule has 1 heterocycles. The molecule has 3 rings (SSSR count). The summed E-state index contributed by atoms with van der Waals surface area (Å²) in [5.74, 6) is -0.207. The number of rotatable bonds is 6. The molecular formula is C20H22FNO3. The monoisotopic (exact) mass is 343 g/mol. The van der Waals surface area contributed by atoms with Crippen LogP contribution in [-0.4, -0.2) is 35.2 Å². The Morgan fingerprint density at radius 1 is 1.20 bits per heavy atom. The van der Waals surface area contributed by atoms with Gasteiger partial charge in [0, 0.05) is 25.3 Å². The predicted octanol–water partition coefficient (Wildman–Crippen LogP) is 3.28. The second-order valence-corrected chi connectivity index (χ2v) is 6.34. The number of hydrogen-bond acceptors (Lipinski definition) is 3. The number of phenols is 1. The number of aromatic hydroxyl groups is 1. The van der Waals surface area contributed by atoms with Crippen molar-refractivity contribution in [3.8, 4) is 5.75 Å². The number of para-hydroxylation sites is 1. The average molecular weight is 343 g/mol. The Morgan fingerprint density at radius 2 is 1.96 bits per heavy atom. The number of amides is 1. The molecule has 5 heteroatoms. The summed E-state index contributed by atoms with van der Waals surface area (Å²) >= 11 is 0. The van der Waals surface area contributed by atoms with Crippen LogP contribution in [0.15, 0.2) is 48.5 Å². The van der Waals surface area contributed by atoms with Gasteiger partial charge in [0.25, 0.3) is 0 Å². The summed E-state index contributed by atoms with van der Waals surface area (Å²) in [5, 5.41) is 10.0. The van der Waals surface area contributed by atoms with Crippen molar-refractivity contribution in [3.05, 3.63) is 65.5 Å². The first-order valence-corrected chi connectivity index (χ1v) is 8.52. The molecule has 1 aliphatic heterocycles. The van der Waals surface area contributed by atoms with Crippen LogP contribution in [0, 0.1) is 5.82 Å². The third-order valence-corrected chi connectivity index (χ3v) is 4.42. The highest BCUT2D eigenvalue weighted by Crippen LogP contribution is 2.21. The molecule has 0 radical (unpaired) electrons. The Morgan fingerprint density at radius 3 is 2.64 bits per heavy atom. The van der Waals surface area contributed by atoms with Gasteiger partial charge in [-0.3, -0.25) is 4.79 Å². The van der Waals surface area contributed by atoms with Crippen molar-refractivity contribution in [1.29, 1.82) is 0 Å². The van der Waals surface area contributed by atoms with Crippen LogP contribution in [0.3, 0.4) is 0 Å². The Bertz CT molecular complexity index is 711. The van der Waals surface area contributed by atoms with E-state index in [1.807, 2.05) is 12.1 Å². The first-order valence-electron chi connectivity index (χ1n) is 8.52. The Labute approximate surface area is 146 Å². The number of carbonyl (C=O) groups excluding carboxylic acids is 1. The molecule has 1 fully saturated rings. The number of nitrogens with zero attached hydrogens (tertiary/aromatic N) is 1. The molecule has 2 aromatic carbocycles. The molecule has 1 unspecified atom stereocenters. The van der Waals surface area contributed by atoms with Gasteiger partial charge in [-0.15, -0.1) is 0 Å². The average Bonchev–Trinajstić information content (AvgIpc) is 3.11. The summed E-state index contributed by atoms with van der Waals surface area (Å²) in [6.45, 7) is 1.54. The fourth-order valence-corrected chi connectivity index (χ4v) is 3.03. The lowest BCUT2D eigenvalue weighted by atomic mass is 10.1. The third-order valence-electron chi connectivity index (χ3n) is 4.42. The molecule has 0 bridgehead atoms. The van der Waals surface area contributed by atoms with Crippen LogP contribution >= 0.6 is 0 Å². The molecular weight excluding hydrogens is 321 g/mol. The summed E-state index contributed by atoms with van der Waals surface area (Å²) in [7, 11) is 0. The van der Waals surface area contributed by atoms with Crippen molar-refractivity contribution in [2.75, 3.05) is 13.2 Å². The maximum absolute atomic E-state index is 13.0. The van der Waals surface area contributed by atoms with Gasteiger partial charge >= 0.3 is 0 Å². The quantitative estimate of drug-likeness (QED) is 0.876. The molecule has 1 amide bonds. The van der Waals surface area contributed by atoms with Crippen LogP contribution in [0.4, 0.5) is 4.39 Å². The molecule has 1 aliphatic rings. The molecule has 132 valence electrons. The van der Waals surface area contributed by atoms with E-state index in [1.165, 1.54) is 12.1 Å². The van der Waals surface area contributed by atoms with Gasteiger partial charge in [0.05, 0.1) is 12.5 Å². The smallest absolute Gasteiger partial charge is 0.227 e. The minimum absolute atomic E-state index is 0.0306. The SMILES string of the molecule is O=C(Cc1ccc(F)cc1)N(Cc1ccccc1O)CC1CCCO1. The van der Waals surface area contributed by atoms with Gasteiger partial charge in [-0.2, -0.15) is 0 Å². The highest BCUT2D eigenvalue weighted by Gasteiger charge is 2.23. The van der Waals surface area contributed by atoms with E-state index in [4.69, 9.17) is 4.74 Å². The molecule has 1 saturated heterocycles. The minimum atomic E-state index is -0.318. The molecule has 2 aromatic rings. The fraction of sp³-hybridized carbons (Fsp3) is 0.350. The van der Waals surface area contributed by atoms with E-state index in [9.17, 15) is 14.3 Å². The highest BCUT2D eigenvalue weighted by molar-refractivity contribution is 5.79. The Balaban J connectivity index is 1.73. The molecule has 0 aliphatic carbocycles. The van der Waals surface area contributed by atoms with Crippen molar-refractivity contribution < 1.29 is 19.0 Å². The lowest BCUT2D eigenvalue weighted by Gasteiger charge is -2.26. The number of phenolic OH excluding ortho intramolecular Hbond substituents is 1. The molecule has 0 spiro atoms. The van der Waals surface area contributed by atoms with Crippen LogP contribution in [0.1, 0.15) is 24.0 Å². The Hall–Kier alpha value is -2.40. The van der Waals surface area contributed by atoms with Crippen LogP contribution in [-0.2, 0) is 22.5 Å². The van der Waals surface area contributed by atoms with Crippen LogP contribution in [0.5, 0.6) is 5.75 Å². The predicted molar refractivity (Wildman–Crippen MR) is 92.6 cm³/mol. The van der Waals surface area contributed by atoms with E-state index in [0.717, 1.165) is 25.0 Å². The molecule has 0 saturated carbocycles. The van der Waals surface area contributed by atoms with E-state index in [-0.39, 0.29) is 30.0 Å². The largest absolute Gasteiger partial charge is 0.508 e. The van der Waals surface area contributed by atoms with Gasteiger partial charge in [-0.05, 0) is 36.6 Å². The van der Waals surface area contributed by atoms with Gasteiger partial charge in [0.1, 0.15) is 11.6 Å². The van der Waals surface area contributed by atoms with E-state index >= 15 is 0 Å². The maximum atomic E-state index is 13.0. The summed E-state index contributed by atoms with van der Waals surface area (Å²) in [4.78, 5) is 14.5. The molecule has 1 N–H and O–H groups in total. The van der Waals surface area contributed by atoms with Gasteiger partial charge in [-0.25, -0.2) is 4.39 Å². The summed E-state index contributed by atoms with van der Waals surface area (Å²) in [6, 6.07) is 13.0. The normalized spacial score (nSPS) is 16.8. The number of ether oxygens (including phenoxy) is 1. The van der Waals surface area contributed by atoms with Crippen molar-refractivity contribution in [3.63, 3.8) is 0 Å². The zero-order valence-corrected chi connectivity index (χ0v) is 14.0. The van der Waals surface area contributed by atoms with E-state index in [1.54, 1.807) is 29.2 Å². The van der Waals surface area contributed by atoms with Crippen molar-refractivity contribution in [1.82, 2.24) is 4.90 Å². The minimum Gasteiger partial charge on any atom is -0.508 e. The lowest BCUT2D eigenvalue weighted by Crippen LogP contribution is -2.37. The molecule has 25 heavy (non-hydrogen) atoms. The van der Waals surface area contributed by atoms with Crippen LogP contribution in [0.2, 0.25) is 0 Å². The van der Waals surface area contributed by atoms with E-state index < -0.39 is 0 Å². The van der Waals surface area contributed by atoms with E-state index in [2.05, 4.69) is 0 Å². The van der Waals surface area contributed by atoms with Gasteiger partial charge in [0.2, 0.25) is 5.91 Å². The maximum Gasteiger partial charge on any atom is 0.227 e. The second kappa shape index (κ2) is 8.12. The zero-order valence-electron chi connectivity index (χ0n) is 14.0. The topological polar surface area (TPSA) is 49.8 Å². The van der Waals surface area contributed by atoms with Gasteiger partial charge in [0.15, 0.2) is 0 Å². The zero-order chi connectivity index (χ0) is 17.6. The lowest BCUT2D eigenvalue weighted by molar-refractivity contribution is -0.132. The number of benzene rings is 2. The first-order chi connectivity index (χ1) is 12.1. The fourth-order valence-electron chi connectivity index (χ4n) is 3.03. The number of halogens is 1. The summed E-state index contributed by atoms with van der Waals surface area (Å²) in [6.07, 6.45) is 2.16. The van der Waals surface area contributed by atoms with Gasteiger partial charge in [-0.1, -0.05) is 30.3 Å². The Kier molecular flexibility index (Phi) is 5.66. The third kappa shape index (κ3) is 4.79. The highest BCUT2D eigenvalue weighted by atomic mass is 19.1. The molecule has 4 nitrogen and oxygen atoms in total. The number of hydrogen-bond donors (Lipinski definition) is 1. The first kappa shape index (κ1) is 17.4. The second-order valence-electron chi connectivity index (χ2n) is 6.34. The van der Waals surface area contributed by atoms with Crippen molar-refractivity contribution in [2.45, 2.75) is 31.9 Å². The van der Waals surface area contributed by atoms with Crippen molar-refractivity contribution >= 4 is 5.91 Å². The summed E-state index contributed by atoms with van der Waals surface area (Å²) in [5.41, 5.74) is 1.47. The van der Waals surface area contributed by atoms with Crippen LogP contribution < -0.4 is 0 Å². The van der Waals surface area contributed by atoms with Crippen LogP contribution in [0.25, 0.3) is 0 Å².